The Hall–Kier alpha value is -1.70. The third-order valence-corrected chi connectivity index (χ3v) is 7.20. The zero-order chi connectivity index (χ0) is 17.5. The Kier molecular flexibility index (Phi) is 4.27. The fraction of sp³-hybridized carbons (Fsp3) is 0.353. The molecular formula is C17H20N2O3S2. The Labute approximate surface area is 145 Å². The Morgan fingerprint density at radius 3 is 2.46 bits per heavy atom. The van der Waals surface area contributed by atoms with Gasteiger partial charge in [0.05, 0.1) is 4.88 Å². The Morgan fingerprint density at radius 2 is 1.92 bits per heavy atom. The molecule has 0 bridgehead atoms. The number of nitrogens with one attached hydrogen (secondary N) is 1. The number of rotatable bonds is 5. The van der Waals surface area contributed by atoms with E-state index in [2.05, 4.69) is 24.4 Å². The fourth-order valence-electron chi connectivity index (χ4n) is 3.01. The van der Waals surface area contributed by atoms with E-state index in [-0.39, 0.29) is 15.5 Å². The number of nitrogens with two attached hydrogens (primary N) is 1. The molecule has 1 aromatic carbocycles. The van der Waals surface area contributed by atoms with Crippen LogP contribution in [0.1, 0.15) is 39.2 Å². The summed E-state index contributed by atoms with van der Waals surface area (Å²) in [6, 6.07) is 9.68. The number of hydrogen-bond donors (Lipinski definition) is 2. The number of primary sulfonamides is 1. The van der Waals surface area contributed by atoms with Gasteiger partial charge in [0.15, 0.2) is 0 Å². The van der Waals surface area contributed by atoms with Crippen LogP contribution < -0.4 is 10.5 Å². The predicted molar refractivity (Wildman–Crippen MR) is 94.9 cm³/mol. The lowest BCUT2D eigenvalue weighted by atomic mass is 9.92. The topological polar surface area (TPSA) is 89.3 Å². The van der Waals surface area contributed by atoms with E-state index in [1.165, 1.54) is 17.2 Å². The first-order valence-electron chi connectivity index (χ1n) is 7.70. The van der Waals surface area contributed by atoms with Crippen LogP contribution in [0.25, 0.3) is 0 Å². The van der Waals surface area contributed by atoms with Gasteiger partial charge in [0.25, 0.3) is 5.91 Å². The molecule has 0 aliphatic heterocycles. The first-order chi connectivity index (χ1) is 11.2. The quantitative estimate of drug-likeness (QED) is 0.854. The van der Waals surface area contributed by atoms with Crippen molar-refractivity contribution in [2.75, 3.05) is 6.54 Å². The minimum Gasteiger partial charge on any atom is -0.350 e. The van der Waals surface area contributed by atoms with Gasteiger partial charge in [-0.25, -0.2) is 13.6 Å². The third kappa shape index (κ3) is 3.24. The van der Waals surface area contributed by atoms with Gasteiger partial charge in [-0.3, -0.25) is 4.79 Å². The zero-order valence-electron chi connectivity index (χ0n) is 13.6. The van der Waals surface area contributed by atoms with E-state index in [9.17, 15) is 13.2 Å². The van der Waals surface area contributed by atoms with Crippen molar-refractivity contribution >= 4 is 27.3 Å². The summed E-state index contributed by atoms with van der Waals surface area (Å²) in [5.41, 5.74) is 3.14. The number of benzene rings is 1. The molecule has 0 radical (unpaired) electrons. The minimum absolute atomic E-state index is 0.00887. The summed E-state index contributed by atoms with van der Waals surface area (Å²) in [6.07, 6.45) is 2.09. The zero-order valence-corrected chi connectivity index (χ0v) is 15.3. The van der Waals surface area contributed by atoms with Crippen LogP contribution in [-0.2, 0) is 15.4 Å². The monoisotopic (exact) mass is 364 g/mol. The molecule has 0 unspecified atom stereocenters. The van der Waals surface area contributed by atoms with Gasteiger partial charge >= 0.3 is 0 Å². The van der Waals surface area contributed by atoms with Gasteiger partial charge in [0, 0.05) is 12.0 Å². The van der Waals surface area contributed by atoms with Gasteiger partial charge in [0.1, 0.15) is 4.21 Å². The predicted octanol–water partition coefficient (Wildman–Crippen LogP) is 2.47. The maximum absolute atomic E-state index is 12.5. The average Bonchev–Trinajstić information content (AvgIpc) is 3.19. The van der Waals surface area contributed by atoms with Crippen molar-refractivity contribution in [3.05, 3.63) is 51.9 Å². The second kappa shape index (κ2) is 5.98. The van der Waals surface area contributed by atoms with Crippen LogP contribution in [0.2, 0.25) is 0 Å². The fourth-order valence-corrected chi connectivity index (χ4v) is 4.89. The first-order valence-corrected chi connectivity index (χ1v) is 10.1. The van der Waals surface area contributed by atoms with Crippen LogP contribution in [-0.4, -0.2) is 20.9 Å². The Bertz CT molecular complexity index is 896. The van der Waals surface area contributed by atoms with Crippen LogP contribution in [0.3, 0.4) is 0 Å². The van der Waals surface area contributed by atoms with Crippen molar-refractivity contribution in [1.82, 2.24) is 5.32 Å². The molecule has 3 rings (SSSR count). The van der Waals surface area contributed by atoms with Crippen LogP contribution >= 0.6 is 11.3 Å². The number of amides is 1. The third-order valence-electron chi connectivity index (χ3n) is 4.54. The lowest BCUT2D eigenvalue weighted by molar-refractivity contribution is 0.0953. The van der Waals surface area contributed by atoms with E-state index in [0.29, 0.717) is 17.0 Å². The highest BCUT2D eigenvalue weighted by molar-refractivity contribution is 7.91. The van der Waals surface area contributed by atoms with Crippen LogP contribution in [0.15, 0.2) is 34.5 Å². The molecule has 7 heteroatoms. The van der Waals surface area contributed by atoms with E-state index in [4.69, 9.17) is 5.14 Å². The molecule has 1 aliphatic carbocycles. The molecule has 0 spiro atoms. The molecule has 24 heavy (non-hydrogen) atoms. The van der Waals surface area contributed by atoms with Crippen LogP contribution in [0, 0.1) is 13.8 Å². The minimum atomic E-state index is -3.78. The van der Waals surface area contributed by atoms with Crippen molar-refractivity contribution in [2.24, 2.45) is 5.14 Å². The molecule has 5 nitrogen and oxygen atoms in total. The van der Waals surface area contributed by atoms with E-state index in [1.807, 2.05) is 12.1 Å². The summed E-state index contributed by atoms with van der Waals surface area (Å²) < 4.78 is 22.9. The summed E-state index contributed by atoms with van der Waals surface area (Å²) in [7, 11) is -3.78. The number of sulfonamides is 1. The maximum atomic E-state index is 12.5. The van der Waals surface area contributed by atoms with Gasteiger partial charge in [-0.05, 0) is 49.4 Å². The van der Waals surface area contributed by atoms with Gasteiger partial charge in [-0.2, -0.15) is 0 Å². The van der Waals surface area contributed by atoms with Gasteiger partial charge < -0.3 is 5.32 Å². The second-order valence-corrected chi connectivity index (χ2v) is 9.24. The molecule has 1 aliphatic rings. The molecule has 3 N–H and O–H groups in total. The molecule has 1 saturated carbocycles. The summed E-state index contributed by atoms with van der Waals surface area (Å²) in [6.45, 7) is 4.35. The Balaban J connectivity index is 1.75. The number of hydrogen-bond acceptors (Lipinski definition) is 4. The number of aryl methyl sites for hydroxylation is 2. The molecule has 128 valence electrons. The van der Waals surface area contributed by atoms with Crippen LogP contribution in [0.4, 0.5) is 0 Å². The molecule has 1 aromatic heterocycles. The van der Waals surface area contributed by atoms with Crippen molar-refractivity contribution in [3.63, 3.8) is 0 Å². The van der Waals surface area contributed by atoms with Crippen molar-refractivity contribution in [3.8, 4) is 0 Å². The highest BCUT2D eigenvalue weighted by Crippen LogP contribution is 2.48. The second-order valence-electron chi connectivity index (χ2n) is 6.40. The van der Waals surface area contributed by atoms with Crippen molar-refractivity contribution in [2.45, 2.75) is 36.3 Å². The van der Waals surface area contributed by atoms with E-state index >= 15 is 0 Å². The van der Waals surface area contributed by atoms with E-state index in [0.717, 1.165) is 24.2 Å². The van der Waals surface area contributed by atoms with Gasteiger partial charge in [-0.1, -0.05) is 24.3 Å². The maximum Gasteiger partial charge on any atom is 0.261 e. The molecule has 1 amide bonds. The first kappa shape index (κ1) is 17.1. The normalized spacial score (nSPS) is 16.0. The summed E-state index contributed by atoms with van der Waals surface area (Å²) in [5, 5.41) is 8.10. The van der Waals surface area contributed by atoms with Gasteiger partial charge in [0.2, 0.25) is 10.0 Å². The highest BCUT2D eigenvalue weighted by atomic mass is 32.2. The highest BCUT2D eigenvalue weighted by Gasteiger charge is 2.45. The molecule has 1 heterocycles. The SMILES string of the molecule is Cc1ccccc1C1(CNC(=O)c2sc(S(N)(=O)=O)cc2C)CC1. The lowest BCUT2D eigenvalue weighted by Crippen LogP contribution is -2.32. The Morgan fingerprint density at radius 1 is 1.25 bits per heavy atom. The summed E-state index contributed by atoms with van der Waals surface area (Å²) in [5.74, 6) is -0.243. The van der Waals surface area contributed by atoms with Crippen LogP contribution in [0.5, 0.6) is 0 Å². The largest absolute Gasteiger partial charge is 0.350 e. The molecule has 0 saturated heterocycles. The molecule has 0 atom stereocenters. The lowest BCUT2D eigenvalue weighted by Gasteiger charge is -2.18. The average molecular weight is 364 g/mol. The summed E-state index contributed by atoms with van der Waals surface area (Å²) >= 11 is 0.919. The molecular weight excluding hydrogens is 344 g/mol. The smallest absolute Gasteiger partial charge is 0.261 e. The molecule has 1 fully saturated rings. The van der Waals surface area contributed by atoms with Gasteiger partial charge in [-0.15, -0.1) is 11.3 Å². The van der Waals surface area contributed by atoms with E-state index in [1.54, 1.807) is 6.92 Å². The van der Waals surface area contributed by atoms with Crippen molar-refractivity contribution in [1.29, 1.82) is 0 Å². The number of carbonyl (C=O) groups excluding carboxylic acids is 1. The molecule has 2 aromatic rings. The number of thiophene rings is 1. The van der Waals surface area contributed by atoms with E-state index < -0.39 is 10.0 Å². The summed E-state index contributed by atoms with van der Waals surface area (Å²) in [4.78, 5) is 12.9. The van der Waals surface area contributed by atoms with Crippen molar-refractivity contribution < 1.29 is 13.2 Å². The number of carbonyl (C=O) groups is 1. The standard InChI is InChI=1S/C17H20N2O3S2/c1-11-5-3-4-6-13(11)17(7-8-17)10-19-16(20)15-12(2)9-14(23-15)24(18,21)22/h3-6,9H,7-8,10H2,1-2H3,(H,19,20)(H2,18,21,22).